The molecule has 1 aromatic carbocycles. The van der Waals surface area contributed by atoms with Crippen molar-refractivity contribution in [2.75, 3.05) is 17.3 Å². The summed E-state index contributed by atoms with van der Waals surface area (Å²) in [5, 5.41) is 10.4. The van der Waals surface area contributed by atoms with E-state index in [-0.39, 0.29) is 35.9 Å². The number of carbonyl (C=O) groups excluding carboxylic acids is 3. The Kier molecular flexibility index (Phi) is 8.75. The molecule has 0 N–H and O–H groups in total. The van der Waals surface area contributed by atoms with Crippen molar-refractivity contribution in [1.82, 2.24) is 9.88 Å². The summed E-state index contributed by atoms with van der Waals surface area (Å²) in [6.07, 6.45) is 7.53. The molecule has 2 aromatic rings. The van der Waals surface area contributed by atoms with Gasteiger partial charge in [-0.2, -0.15) is 5.26 Å². The van der Waals surface area contributed by atoms with Gasteiger partial charge in [0, 0.05) is 11.7 Å². The van der Waals surface area contributed by atoms with Crippen LogP contribution in [0.2, 0.25) is 0 Å². The van der Waals surface area contributed by atoms with Gasteiger partial charge in [0.1, 0.15) is 22.9 Å². The third-order valence-corrected chi connectivity index (χ3v) is 9.15. The lowest BCUT2D eigenvalue weighted by Gasteiger charge is -2.37. The second-order valence-electron chi connectivity index (χ2n) is 11.0. The molecule has 2 unspecified atom stereocenters. The quantitative estimate of drug-likeness (QED) is 0.328. The van der Waals surface area contributed by atoms with Gasteiger partial charge in [-0.05, 0) is 80.8 Å². The van der Waals surface area contributed by atoms with Crippen LogP contribution in [0.1, 0.15) is 75.6 Å². The van der Waals surface area contributed by atoms with Crippen molar-refractivity contribution >= 4 is 35.2 Å². The van der Waals surface area contributed by atoms with E-state index < -0.39 is 6.04 Å². The van der Waals surface area contributed by atoms with Crippen LogP contribution in [0.3, 0.4) is 0 Å². The second-order valence-corrected chi connectivity index (χ2v) is 12.0. The Hall–Kier alpha value is -3.38. The van der Waals surface area contributed by atoms with Crippen LogP contribution in [0.15, 0.2) is 35.4 Å². The molecule has 0 bridgehead atoms. The first-order valence-electron chi connectivity index (χ1n) is 14.4. The van der Waals surface area contributed by atoms with Crippen LogP contribution in [0.25, 0.3) is 0 Å². The van der Waals surface area contributed by atoms with Gasteiger partial charge >= 0.3 is 0 Å². The van der Waals surface area contributed by atoms with Gasteiger partial charge < -0.3 is 9.64 Å². The minimum Gasteiger partial charge on any atom is -0.494 e. The number of ether oxygens (including phenoxy) is 1. The smallest absolute Gasteiger partial charge is 0.257 e. The predicted molar refractivity (Wildman–Crippen MR) is 153 cm³/mol. The van der Waals surface area contributed by atoms with E-state index >= 15 is 0 Å². The summed E-state index contributed by atoms with van der Waals surface area (Å²) in [6, 6.07) is 10.2. The minimum atomic E-state index is -0.830. The maximum absolute atomic E-state index is 13.8. The number of carbonyl (C=O) groups is 3. The number of hydrogen-bond acceptors (Lipinski definition) is 7. The first-order valence-corrected chi connectivity index (χ1v) is 15.3. The highest BCUT2D eigenvalue weighted by Crippen LogP contribution is 2.34. The van der Waals surface area contributed by atoms with E-state index in [9.17, 15) is 19.6 Å². The van der Waals surface area contributed by atoms with E-state index in [1.165, 1.54) is 16.7 Å². The molecule has 0 spiro atoms. The van der Waals surface area contributed by atoms with Crippen LogP contribution >= 0.6 is 11.8 Å². The first-order chi connectivity index (χ1) is 19.4. The SMILES string of the molecule is CCOc1ccc(N2C(=O)CC(N(C(=O)CSc3nc4c(cc3C#N)CC(C)CC4)C3CCCCC3)C2=O)cc1. The zero-order valence-corrected chi connectivity index (χ0v) is 24.0. The highest BCUT2D eigenvalue weighted by atomic mass is 32.2. The lowest BCUT2D eigenvalue weighted by molar-refractivity contribution is -0.139. The Balaban J connectivity index is 1.36. The van der Waals surface area contributed by atoms with Crippen molar-refractivity contribution in [3.8, 4) is 11.8 Å². The Labute approximate surface area is 240 Å². The molecule has 3 aliphatic rings. The number of aryl methyl sites for hydroxylation is 1. The molecule has 210 valence electrons. The largest absolute Gasteiger partial charge is 0.494 e. The van der Waals surface area contributed by atoms with Gasteiger partial charge in [0.25, 0.3) is 5.91 Å². The summed E-state index contributed by atoms with van der Waals surface area (Å²) in [5.41, 5.74) is 3.11. The molecule has 8 nitrogen and oxygen atoms in total. The fraction of sp³-hybridized carbons (Fsp3) is 0.516. The number of nitriles is 1. The second kappa shape index (κ2) is 12.4. The number of thioether (sulfide) groups is 1. The molecule has 2 aliphatic carbocycles. The zero-order valence-electron chi connectivity index (χ0n) is 23.2. The van der Waals surface area contributed by atoms with E-state index in [4.69, 9.17) is 9.72 Å². The summed E-state index contributed by atoms with van der Waals surface area (Å²) in [7, 11) is 0. The van der Waals surface area contributed by atoms with Gasteiger partial charge in [-0.3, -0.25) is 14.4 Å². The van der Waals surface area contributed by atoms with Gasteiger partial charge in [-0.1, -0.05) is 37.9 Å². The standard InChI is InChI=1S/C31H36N4O4S/c1-3-39-25-12-10-24(11-13-25)35-28(36)17-27(31(35)38)34(23-7-5-4-6-8-23)29(37)19-40-30-22(18-32)16-21-15-20(2)9-14-26(21)33-30/h10-13,16,20,23,27H,3-9,14-15,17,19H2,1-2H3. The molecular formula is C31H36N4O4S. The fourth-order valence-electron chi connectivity index (χ4n) is 6.18. The van der Waals surface area contributed by atoms with Gasteiger partial charge in [-0.25, -0.2) is 9.88 Å². The van der Waals surface area contributed by atoms with Crippen molar-refractivity contribution in [2.45, 2.75) is 88.7 Å². The predicted octanol–water partition coefficient (Wildman–Crippen LogP) is 5.06. The van der Waals surface area contributed by atoms with Crippen LogP contribution in [-0.4, -0.2) is 52.0 Å². The van der Waals surface area contributed by atoms with Crippen molar-refractivity contribution < 1.29 is 19.1 Å². The maximum atomic E-state index is 13.8. The topological polar surface area (TPSA) is 104 Å². The zero-order chi connectivity index (χ0) is 28.2. The number of rotatable bonds is 8. The van der Waals surface area contributed by atoms with Crippen molar-refractivity contribution in [1.29, 1.82) is 5.26 Å². The highest BCUT2D eigenvalue weighted by molar-refractivity contribution is 8.00. The number of aromatic nitrogens is 1. The van der Waals surface area contributed by atoms with Gasteiger partial charge in [-0.15, -0.1) is 0 Å². The lowest BCUT2D eigenvalue weighted by atomic mass is 9.87. The summed E-state index contributed by atoms with van der Waals surface area (Å²) in [4.78, 5) is 48.3. The molecule has 2 atom stereocenters. The molecule has 1 aromatic heterocycles. The molecule has 1 aliphatic heterocycles. The van der Waals surface area contributed by atoms with Gasteiger partial charge in [0.2, 0.25) is 11.8 Å². The van der Waals surface area contributed by atoms with Crippen molar-refractivity contribution in [3.05, 3.63) is 47.2 Å². The molecule has 9 heteroatoms. The molecular weight excluding hydrogens is 524 g/mol. The van der Waals surface area contributed by atoms with Crippen molar-refractivity contribution in [2.24, 2.45) is 5.92 Å². The van der Waals surface area contributed by atoms with Crippen LogP contribution in [0, 0.1) is 17.2 Å². The minimum absolute atomic E-state index is 0.0301. The average molecular weight is 561 g/mol. The third kappa shape index (κ3) is 5.87. The molecule has 3 amide bonds. The number of hydrogen-bond donors (Lipinski definition) is 0. The van der Waals surface area contributed by atoms with E-state index in [0.717, 1.165) is 62.6 Å². The molecule has 0 radical (unpaired) electrons. The molecule has 40 heavy (non-hydrogen) atoms. The fourth-order valence-corrected chi connectivity index (χ4v) is 7.02. The number of anilines is 1. The average Bonchev–Trinajstić information content (AvgIpc) is 3.25. The number of benzene rings is 1. The summed E-state index contributed by atoms with van der Waals surface area (Å²) < 4.78 is 5.49. The summed E-state index contributed by atoms with van der Waals surface area (Å²) in [6.45, 7) is 4.63. The molecule has 2 heterocycles. The lowest BCUT2D eigenvalue weighted by Crippen LogP contribution is -2.52. The summed E-state index contributed by atoms with van der Waals surface area (Å²) in [5.74, 6) is 0.441. The van der Waals surface area contributed by atoms with E-state index in [1.54, 1.807) is 29.2 Å². The van der Waals surface area contributed by atoms with Crippen LogP contribution in [-0.2, 0) is 27.2 Å². The van der Waals surface area contributed by atoms with Crippen LogP contribution in [0.4, 0.5) is 5.69 Å². The number of pyridine rings is 1. The molecule has 5 rings (SSSR count). The third-order valence-electron chi connectivity index (χ3n) is 8.17. The van der Waals surface area contributed by atoms with Gasteiger partial charge in [0.05, 0.1) is 30.0 Å². The molecule has 1 saturated heterocycles. The number of fused-ring (bicyclic) bond motifs is 1. The normalized spacial score (nSPS) is 21.2. The summed E-state index contributed by atoms with van der Waals surface area (Å²) >= 11 is 1.26. The molecule has 2 fully saturated rings. The van der Waals surface area contributed by atoms with Crippen LogP contribution < -0.4 is 9.64 Å². The monoisotopic (exact) mass is 560 g/mol. The Morgan fingerprint density at radius 2 is 1.90 bits per heavy atom. The number of amides is 3. The maximum Gasteiger partial charge on any atom is 0.257 e. The molecule has 1 saturated carbocycles. The van der Waals surface area contributed by atoms with Crippen molar-refractivity contribution in [3.63, 3.8) is 0 Å². The number of imide groups is 1. The van der Waals surface area contributed by atoms with Gasteiger partial charge in [0.15, 0.2) is 0 Å². The Morgan fingerprint density at radius 1 is 1.15 bits per heavy atom. The van der Waals surface area contributed by atoms with E-state index in [2.05, 4.69) is 13.0 Å². The van der Waals surface area contributed by atoms with E-state index in [0.29, 0.717) is 34.6 Å². The Bertz CT molecular complexity index is 1320. The van der Waals surface area contributed by atoms with Crippen LogP contribution in [0.5, 0.6) is 5.75 Å². The highest BCUT2D eigenvalue weighted by Gasteiger charge is 2.46. The van der Waals surface area contributed by atoms with E-state index in [1.807, 2.05) is 13.0 Å². The first kappa shape index (κ1) is 28.2. The number of nitrogens with zero attached hydrogens (tertiary/aromatic N) is 4. The Morgan fingerprint density at radius 3 is 2.60 bits per heavy atom.